The zero-order valence-electron chi connectivity index (χ0n) is 13.7. The Bertz CT molecular complexity index is 1020. The molecule has 1 aromatic carbocycles. The molecule has 0 atom stereocenters. The maximum Gasteiger partial charge on any atom is 0.446 e. The number of aromatic nitrogens is 4. The van der Waals surface area contributed by atoms with Crippen LogP contribution in [0.2, 0.25) is 0 Å². The van der Waals surface area contributed by atoms with Gasteiger partial charge in [0, 0.05) is 13.1 Å². The zero-order chi connectivity index (χ0) is 19.4. The quantitative estimate of drug-likeness (QED) is 0.274. The molecule has 0 amide bonds. The van der Waals surface area contributed by atoms with E-state index in [1.807, 2.05) is 0 Å². The van der Waals surface area contributed by atoms with Gasteiger partial charge in [-0.1, -0.05) is 5.16 Å². The van der Waals surface area contributed by atoms with Crippen molar-refractivity contribution in [2.45, 2.75) is 6.42 Å². The third-order valence-corrected chi connectivity index (χ3v) is 4.00. The van der Waals surface area contributed by atoms with Crippen LogP contribution >= 0.6 is 15.9 Å². The Morgan fingerprint density at radius 1 is 1.33 bits per heavy atom. The van der Waals surface area contributed by atoms with Crippen molar-refractivity contribution in [2.24, 2.45) is 16.5 Å². The van der Waals surface area contributed by atoms with Crippen LogP contribution in [0.25, 0.3) is 17.2 Å². The summed E-state index contributed by atoms with van der Waals surface area (Å²) in [6.07, 6.45) is 0.612. The van der Waals surface area contributed by atoms with E-state index in [1.165, 1.54) is 18.2 Å². The van der Waals surface area contributed by atoms with E-state index in [4.69, 9.17) is 20.6 Å². The fourth-order valence-electron chi connectivity index (χ4n) is 2.20. The Morgan fingerprint density at radius 2 is 2.15 bits per heavy atom. The highest BCUT2D eigenvalue weighted by Gasteiger charge is 2.22. The lowest BCUT2D eigenvalue weighted by Crippen LogP contribution is -2.23. The van der Waals surface area contributed by atoms with Crippen molar-refractivity contribution in [1.29, 1.82) is 0 Å². The molecule has 0 radical (unpaired) electrons. The molecule has 0 aliphatic heterocycles. The van der Waals surface area contributed by atoms with Gasteiger partial charge in [-0.15, -0.1) is 0 Å². The van der Waals surface area contributed by atoms with Gasteiger partial charge in [0.25, 0.3) is 0 Å². The van der Waals surface area contributed by atoms with E-state index in [9.17, 15) is 9.18 Å². The van der Waals surface area contributed by atoms with Gasteiger partial charge in [0.15, 0.2) is 11.7 Å². The minimum atomic E-state index is -0.773. The monoisotopic (exact) mass is 440 g/mol. The molecule has 0 saturated heterocycles. The number of aliphatic imine (C=N–C) groups is 1. The van der Waals surface area contributed by atoms with Crippen LogP contribution in [0.4, 0.5) is 10.2 Å². The molecule has 3 aromatic rings. The second-order valence-corrected chi connectivity index (χ2v) is 6.11. The Labute approximate surface area is 159 Å². The van der Waals surface area contributed by atoms with Crippen molar-refractivity contribution in [3.05, 3.63) is 39.0 Å². The number of anilines is 1. The maximum atomic E-state index is 13.5. The summed E-state index contributed by atoms with van der Waals surface area (Å²) in [5.74, 6) is -0.938. The number of nitrogens with two attached hydrogens (primary N) is 2. The van der Waals surface area contributed by atoms with Crippen LogP contribution in [0, 0.1) is 5.82 Å². The molecular weight excluding hydrogens is 427 g/mol. The molecule has 0 bridgehead atoms. The molecule has 27 heavy (non-hydrogen) atoms. The molecule has 0 spiro atoms. The van der Waals surface area contributed by atoms with Crippen molar-refractivity contribution >= 4 is 27.7 Å². The summed E-state index contributed by atoms with van der Waals surface area (Å²) in [5, 5.41) is 14.2. The van der Waals surface area contributed by atoms with Crippen LogP contribution < -0.4 is 22.5 Å². The highest BCUT2D eigenvalue weighted by atomic mass is 79.9. The highest BCUT2D eigenvalue weighted by Crippen LogP contribution is 2.26. The van der Waals surface area contributed by atoms with Gasteiger partial charge >= 0.3 is 5.76 Å². The maximum absolute atomic E-state index is 13.5. The summed E-state index contributed by atoms with van der Waals surface area (Å²) in [4.78, 5) is 16.0. The number of halogens is 2. The van der Waals surface area contributed by atoms with Crippen LogP contribution in [-0.2, 0) is 0 Å². The standard InChI is InChI=1S/C14H14BrFN8O3/c15-8-6-7(2-3-9(8)16)24-12(23-26-14(24)25)10-11(22-27-21-10)19-4-1-5-20-13(17)18/h2-3,6H,1,4-5H2,(H,19,22)(H4,17,18,20). The lowest BCUT2D eigenvalue weighted by molar-refractivity contribution is 0.309. The number of nitrogens with one attached hydrogen (secondary N) is 1. The molecular formula is C14H14BrFN8O3. The van der Waals surface area contributed by atoms with E-state index in [1.54, 1.807) is 0 Å². The lowest BCUT2D eigenvalue weighted by Gasteiger charge is -2.05. The number of nitrogens with zero attached hydrogens (tertiary/aromatic N) is 5. The van der Waals surface area contributed by atoms with Gasteiger partial charge in [-0.05, 0) is 50.9 Å². The van der Waals surface area contributed by atoms with Gasteiger partial charge in [-0.3, -0.25) is 9.52 Å². The molecule has 2 heterocycles. The van der Waals surface area contributed by atoms with Crippen LogP contribution in [0.3, 0.4) is 0 Å². The van der Waals surface area contributed by atoms with Crippen molar-refractivity contribution in [3.63, 3.8) is 0 Å². The highest BCUT2D eigenvalue weighted by molar-refractivity contribution is 9.10. The largest absolute Gasteiger partial charge is 0.446 e. The first kappa shape index (κ1) is 18.6. The van der Waals surface area contributed by atoms with Gasteiger partial charge in [0.2, 0.25) is 11.6 Å². The lowest BCUT2D eigenvalue weighted by atomic mass is 10.3. The summed E-state index contributed by atoms with van der Waals surface area (Å²) in [6, 6.07) is 4.01. The third kappa shape index (κ3) is 4.13. The first-order valence-corrected chi connectivity index (χ1v) is 8.43. The van der Waals surface area contributed by atoms with Crippen LogP contribution in [0.5, 0.6) is 0 Å². The summed E-state index contributed by atoms with van der Waals surface area (Å²) >= 11 is 3.07. The third-order valence-electron chi connectivity index (χ3n) is 3.39. The minimum Gasteiger partial charge on any atom is -0.370 e. The molecule has 0 aliphatic rings. The fraction of sp³-hybridized carbons (Fsp3) is 0.214. The summed E-state index contributed by atoms with van der Waals surface area (Å²) < 4.78 is 24.3. The van der Waals surface area contributed by atoms with Crippen LogP contribution in [0.1, 0.15) is 6.42 Å². The van der Waals surface area contributed by atoms with E-state index < -0.39 is 11.6 Å². The number of rotatable bonds is 7. The first-order chi connectivity index (χ1) is 13.0. The second kappa shape index (κ2) is 7.99. The molecule has 13 heteroatoms. The Kier molecular flexibility index (Phi) is 5.49. The Balaban J connectivity index is 1.86. The molecule has 2 aromatic heterocycles. The minimum absolute atomic E-state index is 0.0101. The number of hydrogen-bond donors (Lipinski definition) is 3. The van der Waals surface area contributed by atoms with E-state index >= 15 is 0 Å². The molecule has 0 fully saturated rings. The first-order valence-electron chi connectivity index (χ1n) is 7.63. The van der Waals surface area contributed by atoms with E-state index in [2.05, 4.69) is 41.7 Å². The normalized spacial score (nSPS) is 10.7. The smallest absolute Gasteiger partial charge is 0.370 e. The predicted octanol–water partition coefficient (Wildman–Crippen LogP) is 0.852. The Hall–Kier alpha value is -3.22. The number of guanidine groups is 1. The van der Waals surface area contributed by atoms with Crippen molar-refractivity contribution in [1.82, 2.24) is 20.0 Å². The van der Waals surface area contributed by atoms with Crippen LogP contribution in [-0.4, -0.2) is 39.1 Å². The fourth-order valence-corrected chi connectivity index (χ4v) is 2.56. The van der Waals surface area contributed by atoms with Crippen LogP contribution in [0.15, 0.2) is 41.6 Å². The van der Waals surface area contributed by atoms with Gasteiger partial charge in [0.05, 0.1) is 10.2 Å². The van der Waals surface area contributed by atoms with E-state index in [0.29, 0.717) is 25.2 Å². The van der Waals surface area contributed by atoms with E-state index in [-0.39, 0.29) is 27.8 Å². The van der Waals surface area contributed by atoms with Crippen molar-refractivity contribution in [2.75, 3.05) is 18.4 Å². The van der Waals surface area contributed by atoms with Gasteiger partial charge < -0.3 is 16.8 Å². The summed E-state index contributed by atoms with van der Waals surface area (Å²) in [5.41, 5.74) is 11.0. The SMILES string of the molecule is NC(N)=NCCCNc1nonc1-c1noc(=O)n1-c1ccc(F)c(Br)c1. The summed E-state index contributed by atoms with van der Waals surface area (Å²) in [6.45, 7) is 0.885. The Morgan fingerprint density at radius 3 is 2.89 bits per heavy atom. The molecule has 3 rings (SSSR count). The van der Waals surface area contributed by atoms with Gasteiger partial charge in [-0.2, -0.15) is 0 Å². The average molecular weight is 441 g/mol. The molecule has 0 saturated carbocycles. The topological polar surface area (TPSA) is 163 Å². The van der Waals surface area contributed by atoms with Gasteiger partial charge in [-0.25, -0.2) is 18.4 Å². The van der Waals surface area contributed by atoms with Crippen molar-refractivity contribution < 1.29 is 13.5 Å². The molecule has 0 unspecified atom stereocenters. The van der Waals surface area contributed by atoms with E-state index in [0.717, 1.165) is 4.57 Å². The molecule has 142 valence electrons. The second-order valence-electron chi connectivity index (χ2n) is 5.25. The predicted molar refractivity (Wildman–Crippen MR) is 96.8 cm³/mol. The van der Waals surface area contributed by atoms with Crippen molar-refractivity contribution in [3.8, 4) is 17.2 Å². The molecule has 0 aliphatic carbocycles. The molecule has 5 N–H and O–H groups in total. The molecule has 11 nitrogen and oxygen atoms in total. The van der Waals surface area contributed by atoms with Gasteiger partial charge in [0.1, 0.15) is 5.82 Å². The number of hydrogen-bond acceptors (Lipinski definition) is 8. The average Bonchev–Trinajstić information content (AvgIpc) is 3.23. The zero-order valence-corrected chi connectivity index (χ0v) is 15.3. The number of benzene rings is 1. The summed E-state index contributed by atoms with van der Waals surface area (Å²) in [7, 11) is 0.